The lowest BCUT2D eigenvalue weighted by atomic mass is 9.89. The summed E-state index contributed by atoms with van der Waals surface area (Å²) in [7, 11) is 0. The van der Waals surface area contributed by atoms with Gasteiger partial charge >= 0.3 is 0 Å². The second kappa shape index (κ2) is 9.24. The van der Waals surface area contributed by atoms with E-state index in [9.17, 15) is 0 Å². The van der Waals surface area contributed by atoms with Crippen LogP contribution in [0.3, 0.4) is 0 Å². The van der Waals surface area contributed by atoms with Crippen molar-refractivity contribution in [2.24, 2.45) is 11.8 Å². The van der Waals surface area contributed by atoms with E-state index in [0.717, 1.165) is 12.8 Å². The summed E-state index contributed by atoms with van der Waals surface area (Å²) in [6.45, 7) is 3.97. The molecule has 0 spiro atoms. The summed E-state index contributed by atoms with van der Waals surface area (Å²) in [5.74, 6) is 10.8. The molecule has 0 bridgehead atoms. The fraction of sp³-hybridized carbons (Fsp3) is 0.600. The molecule has 0 aliphatic rings. The number of hydrogen-bond acceptors (Lipinski definition) is 0. The molecule has 0 aliphatic carbocycles. The first-order valence-corrected chi connectivity index (χ1v) is 5.60. The highest BCUT2D eigenvalue weighted by Crippen LogP contribution is 2.18. The third-order valence-corrected chi connectivity index (χ3v) is 2.44. The molecule has 79 valence electrons. The van der Waals surface area contributed by atoms with E-state index in [2.05, 4.69) is 30.6 Å². The van der Waals surface area contributed by atoms with E-state index in [0.29, 0.717) is 0 Å². The molecule has 0 nitrogen and oxygen atoms in total. The highest BCUT2D eigenvalue weighted by Gasteiger charge is 2.14. The number of terminal acetylenes is 1. The molecule has 0 rings (SSSR count). The van der Waals surface area contributed by atoms with Gasteiger partial charge in [-0.25, -0.2) is 0 Å². The molecule has 0 N–H and O–H groups in total. The molecule has 1 radical (unpaired) electrons. The minimum Gasteiger partial charge on any atom is -0.119 e. The molecule has 0 aromatic carbocycles. The number of unbranched alkanes of at least 4 members (excludes halogenated alkanes) is 3. The van der Waals surface area contributed by atoms with Crippen LogP contribution in [0.4, 0.5) is 0 Å². The van der Waals surface area contributed by atoms with Gasteiger partial charge in [-0.2, -0.15) is 0 Å². The van der Waals surface area contributed by atoms with Crippen molar-refractivity contribution in [3.8, 4) is 30.1 Å². The van der Waals surface area contributed by atoms with Crippen molar-refractivity contribution in [3.05, 3.63) is 6.42 Å². The van der Waals surface area contributed by atoms with Crippen LogP contribution in [0.2, 0.25) is 0 Å². The van der Waals surface area contributed by atoms with Gasteiger partial charge in [0, 0.05) is 5.92 Å². The van der Waals surface area contributed by atoms with Gasteiger partial charge in [-0.15, -0.1) is 12.3 Å². The maximum Gasteiger partial charge on any atom is 0.0945 e. The fourth-order valence-electron chi connectivity index (χ4n) is 1.53. The lowest BCUT2D eigenvalue weighted by molar-refractivity contribution is 0.506. The SMILES string of the molecule is [C]#CC(CCCCCC)C(C#C)C#CC. The van der Waals surface area contributed by atoms with Gasteiger partial charge in [-0.05, 0) is 19.8 Å². The van der Waals surface area contributed by atoms with E-state index in [-0.39, 0.29) is 11.8 Å². The zero-order valence-corrected chi connectivity index (χ0v) is 9.77. The van der Waals surface area contributed by atoms with Crippen LogP contribution in [0.15, 0.2) is 0 Å². The van der Waals surface area contributed by atoms with Gasteiger partial charge in [-0.1, -0.05) is 50.4 Å². The Balaban J connectivity index is 4.06. The molecule has 0 aliphatic heterocycles. The third-order valence-electron chi connectivity index (χ3n) is 2.44. The third kappa shape index (κ3) is 5.88. The van der Waals surface area contributed by atoms with Crippen LogP contribution in [0, 0.1) is 48.4 Å². The number of hydrogen-bond donors (Lipinski definition) is 0. The molecule has 0 saturated carbocycles. The van der Waals surface area contributed by atoms with E-state index >= 15 is 0 Å². The molecular weight excluding hydrogens is 180 g/mol. The zero-order valence-electron chi connectivity index (χ0n) is 9.77. The van der Waals surface area contributed by atoms with Crippen molar-refractivity contribution in [1.82, 2.24) is 0 Å². The van der Waals surface area contributed by atoms with Crippen LogP contribution in [-0.2, 0) is 0 Å². The van der Waals surface area contributed by atoms with Crippen molar-refractivity contribution in [2.75, 3.05) is 0 Å². The van der Waals surface area contributed by atoms with Crippen LogP contribution in [0.5, 0.6) is 0 Å². The molecule has 0 fully saturated rings. The highest BCUT2D eigenvalue weighted by molar-refractivity contribution is 5.19. The minimum absolute atomic E-state index is 0.0132. The average Bonchev–Trinajstić information content (AvgIpc) is 2.27. The highest BCUT2D eigenvalue weighted by atomic mass is 14.1. The molecule has 2 unspecified atom stereocenters. The summed E-state index contributed by atoms with van der Waals surface area (Å²) in [5, 5.41) is 0. The Morgan fingerprint density at radius 1 is 1.27 bits per heavy atom. The Labute approximate surface area is 94.8 Å². The van der Waals surface area contributed by atoms with Crippen LogP contribution in [0.25, 0.3) is 0 Å². The van der Waals surface area contributed by atoms with E-state index in [1.165, 1.54) is 19.3 Å². The maximum atomic E-state index is 7.24. The van der Waals surface area contributed by atoms with Gasteiger partial charge in [-0.3, -0.25) is 0 Å². The van der Waals surface area contributed by atoms with Crippen LogP contribution < -0.4 is 0 Å². The maximum absolute atomic E-state index is 7.24. The van der Waals surface area contributed by atoms with Crippen LogP contribution >= 0.6 is 0 Å². The Hall–Kier alpha value is -1.32. The van der Waals surface area contributed by atoms with Crippen molar-refractivity contribution in [2.45, 2.75) is 46.0 Å². The van der Waals surface area contributed by atoms with E-state index in [1.54, 1.807) is 6.92 Å². The van der Waals surface area contributed by atoms with Crippen molar-refractivity contribution < 1.29 is 0 Å². The van der Waals surface area contributed by atoms with Gasteiger partial charge in [0.2, 0.25) is 0 Å². The Morgan fingerprint density at radius 3 is 2.47 bits per heavy atom. The first-order chi connectivity index (χ1) is 7.29. The van der Waals surface area contributed by atoms with E-state index in [4.69, 9.17) is 12.8 Å². The summed E-state index contributed by atoms with van der Waals surface area (Å²) in [4.78, 5) is 0. The molecule has 0 saturated heterocycles. The molecule has 15 heavy (non-hydrogen) atoms. The molecular formula is C15H19. The molecule has 0 aromatic rings. The van der Waals surface area contributed by atoms with E-state index < -0.39 is 0 Å². The normalized spacial score (nSPS) is 12.8. The van der Waals surface area contributed by atoms with Gasteiger partial charge in [0.1, 0.15) is 0 Å². The first-order valence-electron chi connectivity index (χ1n) is 5.60. The van der Waals surface area contributed by atoms with Gasteiger partial charge in [0.25, 0.3) is 0 Å². The van der Waals surface area contributed by atoms with Crippen LogP contribution in [0.1, 0.15) is 46.0 Å². The molecule has 2 atom stereocenters. The molecule has 0 heterocycles. The monoisotopic (exact) mass is 199 g/mol. The molecule has 0 aromatic heterocycles. The van der Waals surface area contributed by atoms with Crippen molar-refractivity contribution in [1.29, 1.82) is 0 Å². The largest absolute Gasteiger partial charge is 0.119 e. The lowest BCUT2D eigenvalue weighted by Gasteiger charge is -2.12. The quantitative estimate of drug-likeness (QED) is 0.454. The van der Waals surface area contributed by atoms with Crippen LogP contribution in [-0.4, -0.2) is 0 Å². The standard InChI is InChI=1S/C15H19/c1-5-9-10-11-13-15(8-4)14(7-3)12-6-2/h3,14-15H,5,9-11,13H2,1-2H3. The van der Waals surface area contributed by atoms with Gasteiger partial charge in [0.15, 0.2) is 0 Å². The molecule has 0 heteroatoms. The summed E-state index contributed by atoms with van der Waals surface area (Å²) in [5.41, 5.74) is 0. The van der Waals surface area contributed by atoms with E-state index in [1.807, 2.05) is 0 Å². The summed E-state index contributed by atoms with van der Waals surface area (Å²) < 4.78 is 0. The van der Waals surface area contributed by atoms with Gasteiger partial charge in [0.05, 0.1) is 5.92 Å². The smallest absolute Gasteiger partial charge is 0.0945 e. The average molecular weight is 199 g/mol. The Kier molecular flexibility index (Phi) is 8.43. The lowest BCUT2D eigenvalue weighted by Crippen LogP contribution is -2.09. The second-order valence-electron chi connectivity index (χ2n) is 3.64. The first kappa shape index (κ1) is 13.7. The summed E-state index contributed by atoms with van der Waals surface area (Å²) in [6.07, 6.45) is 18.4. The predicted molar refractivity (Wildman–Crippen MR) is 65.2 cm³/mol. The fourth-order valence-corrected chi connectivity index (χ4v) is 1.53. The number of rotatable bonds is 6. The van der Waals surface area contributed by atoms with Crippen molar-refractivity contribution >= 4 is 0 Å². The Bertz CT molecular complexity index is 287. The molecule has 0 amide bonds. The zero-order chi connectivity index (χ0) is 11.5. The Morgan fingerprint density at radius 2 is 2.00 bits per heavy atom. The van der Waals surface area contributed by atoms with Gasteiger partial charge < -0.3 is 0 Å². The van der Waals surface area contributed by atoms with Crippen molar-refractivity contribution in [3.63, 3.8) is 0 Å². The topological polar surface area (TPSA) is 0 Å². The second-order valence-corrected chi connectivity index (χ2v) is 3.64. The minimum atomic E-state index is -0.130. The summed E-state index contributed by atoms with van der Waals surface area (Å²) >= 11 is 0. The summed E-state index contributed by atoms with van der Waals surface area (Å²) in [6, 6.07) is 0. The predicted octanol–water partition coefficient (Wildman–Crippen LogP) is 3.44.